The molecule has 1 aromatic carbocycles. The Morgan fingerprint density at radius 2 is 1.90 bits per heavy atom. The number of piperidine rings is 1. The number of hydrogen-bond donors (Lipinski definition) is 0. The fraction of sp³-hybridized carbons (Fsp3) is 0.522. The second-order valence-corrected chi connectivity index (χ2v) is 9.06. The molecule has 1 fully saturated rings. The van der Waals surface area contributed by atoms with E-state index < -0.39 is 0 Å². The van der Waals surface area contributed by atoms with Crippen molar-refractivity contribution in [2.45, 2.75) is 52.5 Å². The average molecular weight is 414 g/mol. The van der Waals surface area contributed by atoms with Crippen molar-refractivity contribution in [2.24, 2.45) is 5.92 Å². The molecular weight excluding hydrogens is 382 g/mol. The molecule has 0 bridgehead atoms. The quantitative estimate of drug-likeness (QED) is 0.672. The highest BCUT2D eigenvalue weighted by atomic mass is 32.1. The van der Waals surface area contributed by atoms with E-state index in [1.54, 1.807) is 11.3 Å². The Bertz CT molecular complexity index is 811. The molecule has 29 heavy (non-hydrogen) atoms. The lowest BCUT2D eigenvalue weighted by Crippen LogP contribution is -2.49. The maximum absolute atomic E-state index is 13.2. The van der Waals surface area contributed by atoms with E-state index in [0.29, 0.717) is 24.7 Å². The Balaban J connectivity index is 1.63. The smallest absolute Gasteiger partial charge is 0.273 e. The second kappa shape index (κ2) is 10.0. The van der Waals surface area contributed by atoms with E-state index in [1.807, 2.05) is 45.5 Å². The van der Waals surface area contributed by atoms with E-state index in [9.17, 15) is 9.59 Å². The van der Waals surface area contributed by atoms with Crippen molar-refractivity contribution < 1.29 is 9.59 Å². The van der Waals surface area contributed by atoms with Crippen molar-refractivity contribution in [1.82, 2.24) is 14.8 Å². The molecule has 0 N–H and O–H groups in total. The Kier molecular flexibility index (Phi) is 7.42. The van der Waals surface area contributed by atoms with Crippen molar-refractivity contribution in [3.63, 3.8) is 0 Å². The van der Waals surface area contributed by atoms with Gasteiger partial charge in [0.2, 0.25) is 0 Å². The van der Waals surface area contributed by atoms with Gasteiger partial charge >= 0.3 is 0 Å². The number of amides is 2. The van der Waals surface area contributed by atoms with Gasteiger partial charge in [0.05, 0.1) is 5.01 Å². The van der Waals surface area contributed by atoms with Gasteiger partial charge in [-0.25, -0.2) is 4.98 Å². The third kappa shape index (κ3) is 5.44. The molecule has 2 heterocycles. The molecule has 2 amide bonds. The number of hydrogen-bond acceptors (Lipinski definition) is 4. The number of thiazole rings is 1. The van der Waals surface area contributed by atoms with Crippen LogP contribution in [0.5, 0.6) is 0 Å². The van der Waals surface area contributed by atoms with E-state index in [2.05, 4.69) is 25.8 Å². The Labute approximate surface area is 177 Å². The van der Waals surface area contributed by atoms with Gasteiger partial charge in [0.1, 0.15) is 5.69 Å². The van der Waals surface area contributed by atoms with E-state index >= 15 is 0 Å². The van der Waals surface area contributed by atoms with Gasteiger partial charge in [0.25, 0.3) is 11.8 Å². The topological polar surface area (TPSA) is 53.5 Å². The minimum atomic E-state index is 0.0333. The predicted molar refractivity (Wildman–Crippen MR) is 117 cm³/mol. The number of likely N-dealkylation sites (tertiary alicyclic amines) is 1. The first-order valence-electron chi connectivity index (χ1n) is 10.6. The van der Waals surface area contributed by atoms with Crippen LogP contribution in [0.1, 0.15) is 65.9 Å². The molecule has 1 saturated heterocycles. The van der Waals surface area contributed by atoms with Crippen LogP contribution in [-0.2, 0) is 6.42 Å². The normalized spacial score (nSPS) is 15.0. The summed E-state index contributed by atoms with van der Waals surface area (Å²) >= 11 is 1.58. The summed E-state index contributed by atoms with van der Waals surface area (Å²) in [6.45, 7) is 8.52. The number of carbonyl (C=O) groups excluding carboxylic acids is 2. The van der Waals surface area contributed by atoms with Crippen LogP contribution in [0.4, 0.5) is 0 Å². The molecule has 0 atom stereocenters. The first kappa shape index (κ1) is 21.5. The molecule has 1 aromatic heterocycles. The maximum atomic E-state index is 13.2. The summed E-state index contributed by atoms with van der Waals surface area (Å²) in [5.41, 5.74) is 1.30. The molecule has 0 radical (unpaired) electrons. The Morgan fingerprint density at radius 3 is 2.52 bits per heavy atom. The summed E-state index contributed by atoms with van der Waals surface area (Å²) < 4.78 is 0. The van der Waals surface area contributed by atoms with Crippen LogP contribution >= 0.6 is 11.3 Å². The zero-order valence-electron chi connectivity index (χ0n) is 17.6. The van der Waals surface area contributed by atoms with Crippen LogP contribution in [0.3, 0.4) is 0 Å². The summed E-state index contributed by atoms with van der Waals surface area (Å²) in [6, 6.07) is 9.59. The number of aromatic nitrogens is 1. The number of nitrogens with zero attached hydrogens (tertiary/aromatic N) is 3. The van der Waals surface area contributed by atoms with Crippen LogP contribution in [0, 0.1) is 5.92 Å². The molecule has 3 rings (SSSR count). The number of rotatable bonds is 7. The highest BCUT2D eigenvalue weighted by molar-refractivity contribution is 7.09. The SMILES string of the molecule is CCCN(C(=O)c1csc(CC(C)C)n1)C1CCN(C(=O)c2ccccc2)CC1. The predicted octanol–water partition coefficient (Wildman–Crippen LogP) is 4.50. The standard InChI is InChI=1S/C23H31N3O2S/c1-4-12-26(23(28)20-16-29-21(24-20)15-17(2)3)19-10-13-25(14-11-19)22(27)18-8-6-5-7-9-18/h5-9,16-17,19H,4,10-15H2,1-3H3. The lowest BCUT2D eigenvalue weighted by Gasteiger charge is -2.38. The molecule has 0 spiro atoms. The van der Waals surface area contributed by atoms with Gasteiger partial charge in [-0.15, -0.1) is 11.3 Å². The molecule has 6 heteroatoms. The average Bonchev–Trinajstić information content (AvgIpc) is 3.19. The van der Waals surface area contributed by atoms with Crippen molar-refractivity contribution in [1.29, 1.82) is 0 Å². The lowest BCUT2D eigenvalue weighted by molar-refractivity contribution is 0.0515. The largest absolute Gasteiger partial charge is 0.338 e. The van der Waals surface area contributed by atoms with Gasteiger partial charge in [0.15, 0.2) is 0 Å². The Hall–Kier alpha value is -2.21. The van der Waals surface area contributed by atoms with E-state index in [4.69, 9.17) is 0 Å². The van der Waals surface area contributed by atoms with Crippen molar-refractivity contribution >= 4 is 23.2 Å². The van der Waals surface area contributed by atoms with E-state index in [0.717, 1.165) is 42.8 Å². The van der Waals surface area contributed by atoms with Crippen LogP contribution < -0.4 is 0 Å². The Morgan fingerprint density at radius 1 is 1.21 bits per heavy atom. The van der Waals surface area contributed by atoms with Gasteiger partial charge in [-0.2, -0.15) is 0 Å². The number of benzene rings is 1. The molecular formula is C23H31N3O2S. The summed E-state index contributed by atoms with van der Waals surface area (Å²) in [6.07, 6.45) is 3.45. The van der Waals surface area contributed by atoms with E-state index in [1.165, 1.54) is 0 Å². The zero-order chi connectivity index (χ0) is 20.8. The fourth-order valence-electron chi connectivity index (χ4n) is 3.83. The van der Waals surface area contributed by atoms with Gasteiger partial charge in [-0.3, -0.25) is 9.59 Å². The van der Waals surface area contributed by atoms with Gasteiger partial charge in [0, 0.05) is 43.0 Å². The molecule has 1 aliphatic rings. The van der Waals surface area contributed by atoms with Gasteiger partial charge in [-0.1, -0.05) is 39.0 Å². The van der Waals surface area contributed by atoms with Crippen LogP contribution in [-0.4, -0.2) is 52.3 Å². The van der Waals surface area contributed by atoms with E-state index in [-0.39, 0.29) is 17.9 Å². The molecule has 156 valence electrons. The molecule has 0 unspecified atom stereocenters. The first-order chi connectivity index (χ1) is 14.0. The summed E-state index contributed by atoms with van der Waals surface area (Å²) in [5.74, 6) is 0.642. The molecule has 5 nitrogen and oxygen atoms in total. The lowest BCUT2D eigenvalue weighted by atomic mass is 10.0. The summed E-state index contributed by atoms with van der Waals surface area (Å²) in [7, 11) is 0. The third-order valence-electron chi connectivity index (χ3n) is 5.29. The third-order valence-corrected chi connectivity index (χ3v) is 6.16. The maximum Gasteiger partial charge on any atom is 0.273 e. The molecule has 1 aliphatic heterocycles. The highest BCUT2D eigenvalue weighted by Gasteiger charge is 2.31. The van der Waals surface area contributed by atoms with Crippen LogP contribution in [0.25, 0.3) is 0 Å². The highest BCUT2D eigenvalue weighted by Crippen LogP contribution is 2.22. The second-order valence-electron chi connectivity index (χ2n) is 8.11. The molecule has 0 aliphatic carbocycles. The van der Waals surface area contributed by atoms with Crippen molar-refractivity contribution in [2.75, 3.05) is 19.6 Å². The zero-order valence-corrected chi connectivity index (χ0v) is 18.5. The minimum absolute atomic E-state index is 0.0333. The van der Waals surface area contributed by atoms with Crippen molar-refractivity contribution in [3.8, 4) is 0 Å². The van der Waals surface area contributed by atoms with Gasteiger partial charge in [-0.05, 0) is 37.3 Å². The minimum Gasteiger partial charge on any atom is -0.338 e. The molecule has 2 aromatic rings. The van der Waals surface area contributed by atoms with Crippen molar-refractivity contribution in [3.05, 3.63) is 52.0 Å². The molecule has 0 saturated carbocycles. The summed E-state index contributed by atoms with van der Waals surface area (Å²) in [4.78, 5) is 34.3. The number of carbonyl (C=O) groups is 2. The van der Waals surface area contributed by atoms with Gasteiger partial charge < -0.3 is 9.80 Å². The van der Waals surface area contributed by atoms with Crippen LogP contribution in [0.15, 0.2) is 35.7 Å². The van der Waals surface area contributed by atoms with Crippen LogP contribution in [0.2, 0.25) is 0 Å². The first-order valence-corrected chi connectivity index (χ1v) is 11.5. The fourth-order valence-corrected chi connectivity index (χ4v) is 4.82. The summed E-state index contributed by atoms with van der Waals surface area (Å²) in [5, 5.41) is 2.93. The monoisotopic (exact) mass is 413 g/mol.